The molecule has 6 heteroatoms. The number of aryl methyl sites for hydroxylation is 2. The molecule has 0 N–H and O–H groups in total. The van der Waals surface area contributed by atoms with Crippen LogP contribution >= 0.6 is 23.1 Å². The van der Waals surface area contributed by atoms with Gasteiger partial charge in [-0.25, -0.2) is 4.98 Å². The third-order valence-corrected chi connectivity index (χ3v) is 6.32. The van der Waals surface area contributed by atoms with E-state index < -0.39 is 0 Å². The number of hydrogen-bond donors (Lipinski definition) is 0. The van der Waals surface area contributed by atoms with Crippen LogP contribution in [0.5, 0.6) is 0 Å². The van der Waals surface area contributed by atoms with Gasteiger partial charge in [0.05, 0.1) is 5.69 Å². The Hall–Kier alpha value is -2.44. The molecule has 0 aliphatic rings. The molecule has 0 radical (unpaired) electrons. The van der Waals surface area contributed by atoms with E-state index in [4.69, 9.17) is 4.98 Å². The highest BCUT2D eigenvalue weighted by atomic mass is 32.2. The summed E-state index contributed by atoms with van der Waals surface area (Å²) in [5.74, 6) is 1.82. The Labute approximate surface area is 167 Å². The number of rotatable bonds is 7. The highest BCUT2D eigenvalue weighted by molar-refractivity contribution is 7.98. The van der Waals surface area contributed by atoms with E-state index in [1.807, 2.05) is 31.3 Å². The van der Waals surface area contributed by atoms with E-state index in [2.05, 4.69) is 56.5 Å². The minimum atomic E-state index is 0.800. The fourth-order valence-electron chi connectivity index (χ4n) is 2.81. The Bertz CT molecular complexity index is 993. The molecule has 27 heavy (non-hydrogen) atoms. The van der Waals surface area contributed by atoms with Gasteiger partial charge in [0.25, 0.3) is 0 Å². The van der Waals surface area contributed by atoms with Crippen molar-refractivity contribution in [2.75, 3.05) is 0 Å². The van der Waals surface area contributed by atoms with Crippen molar-refractivity contribution in [2.45, 2.75) is 23.8 Å². The molecular formula is C21H20N4S2. The van der Waals surface area contributed by atoms with Crippen molar-refractivity contribution in [3.05, 3.63) is 83.1 Å². The van der Waals surface area contributed by atoms with Gasteiger partial charge in [0, 0.05) is 30.2 Å². The first-order chi connectivity index (χ1) is 13.3. The summed E-state index contributed by atoms with van der Waals surface area (Å²) in [5.41, 5.74) is 3.57. The molecule has 0 saturated carbocycles. The molecule has 0 bridgehead atoms. The summed E-state index contributed by atoms with van der Waals surface area (Å²) in [6.45, 7) is 0. The number of thioether (sulfide) groups is 1. The standard InChI is InChI=1S/C21H20N4S2/c1-25-19(13-12-16-8-4-2-5-9-16)23-24-21(25)27-15-18-14-26-20(22-18)17-10-6-3-7-11-17/h2-11,14H,12-13,15H2,1H3. The molecule has 4 aromatic rings. The van der Waals surface area contributed by atoms with E-state index >= 15 is 0 Å². The van der Waals surface area contributed by atoms with Crippen molar-refractivity contribution in [3.63, 3.8) is 0 Å². The maximum absolute atomic E-state index is 4.75. The zero-order valence-electron chi connectivity index (χ0n) is 15.1. The van der Waals surface area contributed by atoms with Gasteiger partial charge in [-0.1, -0.05) is 72.4 Å². The molecule has 0 amide bonds. The van der Waals surface area contributed by atoms with Crippen molar-refractivity contribution in [3.8, 4) is 10.6 Å². The third-order valence-electron chi connectivity index (χ3n) is 4.33. The van der Waals surface area contributed by atoms with Gasteiger partial charge in [0.15, 0.2) is 5.16 Å². The molecular weight excluding hydrogens is 372 g/mol. The number of aromatic nitrogens is 4. The maximum Gasteiger partial charge on any atom is 0.191 e. The second-order valence-electron chi connectivity index (χ2n) is 6.24. The monoisotopic (exact) mass is 392 g/mol. The SMILES string of the molecule is Cn1c(CCc2ccccc2)nnc1SCc1csc(-c2ccccc2)n1. The van der Waals surface area contributed by atoms with Crippen molar-refractivity contribution < 1.29 is 0 Å². The van der Waals surface area contributed by atoms with Crippen molar-refractivity contribution in [2.24, 2.45) is 7.05 Å². The second kappa shape index (κ2) is 8.50. The number of benzene rings is 2. The summed E-state index contributed by atoms with van der Waals surface area (Å²) in [6, 6.07) is 20.8. The number of thiazole rings is 1. The molecule has 0 spiro atoms. The van der Waals surface area contributed by atoms with Gasteiger partial charge in [-0.2, -0.15) is 0 Å². The minimum Gasteiger partial charge on any atom is -0.309 e. The molecule has 2 aromatic carbocycles. The van der Waals surface area contributed by atoms with Crippen molar-refractivity contribution >= 4 is 23.1 Å². The van der Waals surface area contributed by atoms with Crippen LogP contribution in [0.2, 0.25) is 0 Å². The van der Waals surface area contributed by atoms with E-state index in [-0.39, 0.29) is 0 Å². The molecule has 2 heterocycles. The van der Waals surface area contributed by atoms with E-state index in [0.29, 0.717) is 0 Å². The first-order valence-corrected chi connectivity index (χ1v) is 10.7. The number of nitrogens with zero attached hydrogens (tertiary/aromatic N) is 4. The third kappa shape index (κ3) is 4.46. The van der Waals surface area contributed by atoms with Crippen molar-refractivity contribution in [1.29, 1.82) is 0 Å². The van der Waals surface area contributed by atoms with Crippen LogP contribution in [0.15, 0.2) is 71.2 Å². The lowest BCUT2D eigenvalue weighted by molar-refractivity contribution is 0.722. The number of hydrogen-bond acceptors (Lipinski definition) is 5. The minimum absolute atomic E-state index is 0.800. The van der Waals surface area contributed by atoms with E-state index in [9.17, 15) is 0 Å². The lowest BCUT2D eigenvalue weighted by Crippen LogP contribution is -2.01. The maximum atomic E-state index is 4.75. The van der Waals surface area contributed by atoms with Crippen LogP contribution in [0, 0.1) is 0 Å². The van der Waals surface area contributed by atoms with Gasteiger partial charge < -0.3 is 4.57 Å². The molecule has 0 saturated heterocycles. The second-order valence-corrected chi connectivity index (χ2v) is 8.04. The summed E-state index contributed by atoms with van der Waals surface area (Å²) in [7, 11) is 2.04. The summed E-state index contributed by atoms with van der Waals surface area (Å²) >= 11 is 3.37. The first-order valence-electron chi connectivity index (χ1n) is 8.84. The summed E-state index contributed by atoms with van der Waals surface area (Å²) < 4.78 is 2.10. The Balaban J connectivity index is 1.36. The zero-order chi connectivity index (χ0) is 18.5. The smallest absolute Gasteiger partial charge is 0.191 e. The first kappa shape index (κ1) is 17.9. The molecule has 0 aliphatic carbocycles. The summed E-state index contributed by atoms with van der Waals surface area (Å²) in [4.78, 5) is 4.75. The molecule has 2 aromatic heterocycles. The van der Waals surface area contributed by atoms with Gasteiger partial charge in [-0.15, -0.1) is 21.5 Å². The topological polar surface area (TPSA) is 43.6 Å². The zero-order valence-corrected chi connectivity index (χ0v) is 16.7. The van der Waals surface area contributed by atoms with Gasteiger partial charge in [0.2, 0.25) is 0 Å². The van der Waals surface area contributed by atoms with Gasteiger partial charge in [0.1, 0.15) is 10.8 Å². The van der Waals surface area contributed by atoms with Crippen LogP contribution in [0.1, 0.15) is 17.1 Å². The Morgan fingerprint density at radius 2 is 1.67 bits per heavy atom. The molecule has 0 unspecified atom stereocenters. The van der Waals surface area contributed by atoms with Crippen molar-refractivity contribution in [1.82, 2.24) is 19.7 Å². The van der Waals surface area contributed by atoms with Crippen LogP contribution in [-0.2, 0) is 25.6 Å². The fourth-order valence-corrected chi connectivity index (χ4v) is 4.57. The van der Waals surface area contributed by atoms with Crippen LogP contribution in [0.4, 0.5) is 0 Å². The van der Waals surface area contributed by atoms with Gasteiger partial charge >= 0.3 is 0 Å². The molecule has 0 fully saturated rings. The highest BCUT2D eigenvalue weighted by Gasteiger charge is 2.11. The summed E-state index contributed by atoms with van der Waals surface area (Å²) in [6.07, 6.45) is 1.87. The normalized spacial score (nSPS) is 11.0. The average molecular weight is 393 g/mol. The Morgan fingerprint density at radius 3 is 2.44 bits per heavy atom. The fraction of sp³-hybridized carbons (Fsp3) is 0.190. The summed E-state index contributed by atoms with van der Waals surface area (Å²) in [5, 5.41) is 12.9. The predicted molar refractivity (Wildman–Crippen MR) is 112 cm³/mol. The molecule has 4 rings (SSSR count). The lowest BCUT2D eigenvalue weighted by atomic mass is 10.1. The average Bonchev–Trinajstić information content (AvgIpc) is 3.33. The van der Waals surface area contributed by atoms with E-state index in [1.54, 1.807) is 23.1 Å². The van der Waals surface area contributed by atoms with Crippen LogP contribution < -0.4 is 0 Å². The predicted octanol–water partition coefficient (Wildman–Crippen LogP) is 5.02. The van der Waals surface area contributed by atoms with Crippen LogP contribution in [0.3, 0.4) is 0 Å². The molecule has 0 aliphatic heterocycles. The van der Waals surface area contributed by atoms with E-state index in [0.717, 1.165) is 40.3 Å². The lowest BCUT2D eigenvalue weighted by Gasteiger charge is -2.03. The van der Waals surface area contributed by atoms with Crippen LogP contribution in [-0.4, -0.2) is 19.7 Å². The molecule has 136 valence electrons. The quantitative estimate of drug-likeness (QED) is 0.414. The van der Waals surface area contributed by atoms with Gasteiger partial charge in [-0.05, 0) is 12.0 Å². The highest BCUT2D eigenvalue weighted by Crippen LogP contribution is 2.27. The van der Waals surface area contributed by atoms with Crippen LogP contribution in [0.25, 0.3) is 10.6 Å². The molecule has 4 nitrogen and oxygen atoms in total. The Kier molecular flexibility index (Phi) is 5.65. The largest absolute Gasteiger partial charge is 0.309 e. The molecule has 0 atom stereocenters. The Morgan fingerprint density at radius 1 is 0.926 bits per heavy atom. The van der Waals surface area contributed by atoms with E-state index in [1.165, 1.54) is 11.1 Å². The van der Waals surface area contributed by atoms with Gasteiger partial charge in [-0.3, -0.25) is 0 Å².